The summed E-state index contributed by atoms with van der Waals surface area (Å²) >= 11 is 0. The van der Waals surface area contributed by atoms with Crippen molar-refractivity contribution in [3.8, 4) is 0 Å². The third kappa shape index (κ3) is 5.38. The quantitative estimate of drug-likeness (QED) is 0.845. The van der Waals surface area contributed by atoms with Crippen molar-refractivity contribution in [2.75, 3.05) is 0 Å². The first-order chi connectivity index (χ1) is 11.1. The van der Waals surface area contributed by atoms with E-state index in [1.54, 1.807) is 0 Å². The minimum absolute atomic E-state index is 0.0443. The van der Waals surface area contributed by atoms with Crippen LogP contribution in [0.5, 0.6) is 0 Å². The van der Waals surface area contributed by atoms with Gasteiger partial charge < -0.3 is 10.6 Å². The van der Waals surface area contributed by atoms with Gasteiger partial charge in [0.2, 0.25) is 5.91 Å². The Kier molecular flexibility index (Phi) is 6.63. The van der Waals surface area contributed by atoms with Crippen LogP contribution in [0, 0.1) is 5.92 Å². The van der Waals surface area contributed by atoms with Gasteiger partial charge in [-0.2, -0.15) is 0 Å². The summed E-state index contributed by atoms with van der Waals surface area (Å²) in [6.45, 7) is 4.57. The zero-order valence-electron chi connectivity index (χ0n) is 14.2. The topological polar surface area (TPSA) is 58.2 Å². The van der Waals surface area contributed by atoms with Crippen LogP contribution in [0.4, 0.5) is 0 Å². The smallest absolute Gasteiger partial charge is 0.251 e. The van der Waals surface area contributed by atoms with Gasteiger partial charge in [0.1, 0.15) is 0 Å². The molecule has 0 spiro atoms. The Hall–Kier alpha value is -1.84. The van der Waals surface area contributed by atoms with Gasteiger partial charge in [0.05, 0.1) is 0 Å². The molecular weight excluding hydrogens is 288 g/mol. The molecule has 0 aliphatic heterocycles. The zero-order valence-corrected chi connectivity index (χ0v) is 14.2. The Balaban J connectivity index is 1.82. The molecule has 1 fully saturated rings. The van der Waals surface area contributed by atoms with Gasteiger partial charge in [0.25, 0.3) is 5.91 Å². The normalized spacial score (nSPS) is 16.6. The Morgan fingerprint density at radius 2 is 1.78 bits per heavy atom. The summed E-state index contributed by atoms with van der Waals surface area (Å²) in [5.41, 5.74) is 1.68. The molecule has 1 aliphatic carbocycles. The van der Waals surface area contributed by atoms with Gasteiger partial charge in [0.15, 0.2) is 0 Å². The van der Waals surface area contributed by atoms with Crippen molar-refractivity contribution in [1.29, 1.82) is 0 Å². The van der Waals surface area contributed by atoms with Crippen LogP contribution in [0.1, 0.15) is 68.3 Å². The van der Waals surface area contributed by atoms with E-state index < -0.39 is 0 Å². The molecule has 4 heteroatoms. The maximum atomic E-state index is 12.1. The highest BCUT2D eigenvalue weighted by atomic mass is 16.2. The van der Waals surface area contributed by atoms with E-state index in [1.807, 2.05) is 38.1 Å². The Morgan fingerprint density at radius 3 is 2.39 bits per heavy atom. The van der Waals surface area contributed by atoms with Crippen molar-refractivity contribution < 1.29 is 9.59 Å². The van der Waals surface area contributed by atoms with E-state index in [2.05, 4.69) is 10.6 Å². The molecule has 2 N–H and O–H groups in total. The Bertz CT molecular complexity index is 519. The van der Waals surface area contributed by atoms with E-state index in [0.29, 0.717) is 12.1 Å². The van der Waals surface area contributed by atoms with Crippen LogP contribution in [-0.2, 0) is 11.3 Å². The van der Waals surface area contributed by atoms with Crippen LogP contribution in [0.15, 0.2) is 24.3 Å². The zero-order chi connectivity index (χ0) is 16.7. The second kappa shape index (κ2) is 8.70. The number of rotatable bonds is 6. The van der Waals surface area contributed by atoms with E-state index >= 15 is 0 Å². The third-order valence-corrected chi connectivity index (χ3v) is 4.65. The van der Waals surface area contributed by atoms with Crippen LogP contribution in [-0.4, -0.2) is 17.9 Å². The summed E-state index contributed by atoms with van der Waals surface area (Å²) in [4.78, 5) is 24.1. The molecule has 1 aromatic rings. The highest BCUT2D eigenvalue weighted by Gasteiger charge is 2.20. The molecule has 0 radical (unpaired) electrons. The van der Waals surface area contributed by atoms with Crippen LogP contribution in [0.2, 0.25) is 0 Å². The number of hydrogen-bond acceptors (Lipinski definition) is 2. The van der Waals surface area contributed by atoms with Crippen LogP contribution < -0.4 is 10.6 Å². The van der Waals surface area contributed by atoms with E-state index in [-0.39, 0.29) is 23.8 Å². The summed E-state index contributed by atoms with van der Waals surface area (Å²) in [6, 6.07) is 7.64. The van der Waals surface area contributed by atoms with Crippen molar-refractivity contribution in [2.45, 2.75) is 65.0 Å². The van der Waals surface area contributed by atoms with Crippen LogP contribution in [0.3, 0.4) is 0 Å². The first-order valence-electron chi connectivity index (χ1n) is 8.77. The van der Waals surface area contributed by atoms with E-state index in [1.165, 1.54) is 6.42 Å². The lowest BCUT2D eigenvalue weighted by molar-refractivity contribution is -0.126. The molecule has 1 aliphatic rings. The summed E-state index contributed by atoms with van der Waals surface area (Å²) in [5, 5.41) is 5.97. The van der Waals surface area contributed by atoms with Crippen LogP contribution in [0.25, 0.3) is 0 Å². The van der Waals surface area contributed by atoms with Crippen molar-refractivity contribution in [3.63, 3.8) is 0 Å². The lowest BCUT2D eigenvalue weighted by Gasteiger charge is -2.20. The van der Waals surface area contributed by atoms with Crippen molar-refractivity contribution >= 4 is 11.8 Å². The predicted octanol–water partition coefficient (Wildman–Crippen LogP) is 3.41. The molecule has 0 heterocycles. The van der Waals surface area contributed by atoms with E-state index in [4.69, 9.17) is 0 Å². The number of nitrogens with one attached hydrogen (secondary N) is 2. The Labute approximate surface area is 139 Å². The van der Waals surface area contributed by atoms with E-state index in [9.17, 15) is 9.59 Å². The first kappa shape index (κ1) is 17.5. The summed E-state index contributed by atoms with van der Waals surface area (Å²) in [6.07, 6.45) is 6.53. The highest BCUT2D eigenvalue weighted by molar-refractivity contribution is 5.94. The lowest BCUT2D eigenvalue weighted by Crippen LogP contribution is -2.32. The standard InChI is InChI=1S/C19H28N2O2/c1-3-14(2)21-19(23)17-11-9-15(10-12-17)13-20-18(22)16-7-5-4-6-8-16/h9-12,14,16H,3-8,13H2,1-2H3,(H,20,22)(H,21,23). The average Bonchev–Trinajstić information content (AvgIpc) is 2.60. The third-order valence-electron chi connectivity index (χ3n) is 4.65. The van der Waals surface area contributed by atoms with Crippen molar-refractivity contribution in [1.82, 2.24) is 10.6 Å². The second-order valence-corrected chi connectivity index (χ2v) is 6.53. The summed E-state index contributed by atoms with van der Waals surface area (Å²) in [5.74, 6) is 0.310. The van der Waals surface area contributed by atoms with Crippen molar-refractivity contribution in [3.05, 3.63) is 35.4 Å². The summed E-state index contributed by atoms with van der Waals surface area (Å²) in [7, 11) is 0. The molecule has 1 aromatic carbocycles. The number of hydrogen-bond donors (Lipinski definition) is 2. The molecule has 0 saturated heterocycles. The largest absolute Gasteiger partial charge is 0.352 e. The molecular formula is C19H28N2O2. The molecule has 1 saturated carbocycles. The number of benzene rings is 1. The van der Waals surface area contributed by atoms with E-state index in [0.717, 1.165) is 37.7 Å². The number of carbonyl (C=O) groups excluding carboxylic acids is 2. The predicted molar refractivity (Wildman–Crippen MR) is 92.1 cm³/mol. The second-order valence-electron chi connectivity index (χ2n) is 6.53. The molecule has 1 unspecified atom stereocenters. The van der Waals surface area contributed by atoms with Gasteiger partial charge in [-0.05, 0) is 43.9 Å². The molecule has 0 aromatic heterocycles. The lowest BCUT2D eigenvalue weighted by atomic mass is 9.88. The maximum absolute atomic E-state index is 12.1. The summed E-state index contributed by atoms with van der Waals surface area (Å²) < 4.78 is 0. The minimum atomic E-state index is -0.0443. The molecule has 4 nitrogen and oxygen atoms in total. The molecule has 2 amide bonds. The SMILES string of the molecule is CCC(C)NC(=O)c1ccc(CNC(=O)C2CCCCC2)cc1. The molecule has 1 atom stereocenters. The first-order valence-corrected chi connectivity index (χ1v) is 8.77. The fraction of sp³-hybridized carbons (Fsp3) is 0.579. The Morgan fingerprint density at radius 1 is 1.13 bits per heavy atom. The van der Waals surface area contributed by atoms with Crippen molar-refractivity contribution in [2.24, 2.45) is 5.92 Å². The highest BCUT2D eigenvalue weighted by Crippen LogP contribution is 2.23. The van der Waals surface area contributed by atoms with Gasteiger partial charge in [-0.25, -0.2) is 0 Å². The van der Waals surface area contributed by atoms with Crippen LogP contribution >= 0.6 is 0 Å². The fourth-order valence-electron chi connectivity index (χ4n) is 2.88. The molecule has 0 bridgehead atoms. The fourth-order valence-corrected chi connectivity index (χ4v) is 2.88. The monoisotopic (exact) mass is 316 g/mol. The van der Waals surface area contributed by atoms with Gasteiger partial charge in [-0.15, -0.1) is 0 Å². The molecule has 23 heavy (non-hydrogen) atoms. The van der Waals surface area contributed by atoms with Gasteiger partial charge in [-0.1, -0.05) is 38.3 Å². The molecule has 126 valence electrons. The van der Waals surface area contributed by atoms with Gasteiger partial charge >= 0.3 is 0 Å². The molecule has 2 rings (SSSR count). The maximum Gasteiger partial charge on any atom is 0.251 e. The number of carbonyl (C=O) groups is 2. The minimum Gasteiger partial charge on any atom is -0.352 e. The number of amides is 2. The van der Waals surface area contributed by atoms with Gasteiger partial charge in [0, 0.05) is 24.1 Å². The van der Waals surface area contributed by atoms with Gasteiger partial charge in [-0.3, -0.25) is 9.59 Å². The average molecular weight is 316 g/mol.